The van der Waals surface area contributed by atoms with Crippen molar-refractivity contribution in [1.29, 1.82) is 0 Å². The van der Waals surface area contributed by atoms with Crippen molar-refractivity contribution in [3.05, 3.63) is 0 Å². The van der Waals surface area contributed by atoms with Gasteiger partial charge >= 0.3 is 0 Å². The molecule has 2 amide bonds. The number of fused-ring (bicyclic) bond motifs is 5. The van der Waals surface area contributed by atoms with Crippen molar-refractivity contribution in [2.75, 3.05) is 7.05 Å². The van der Waals surface area contributed by atoms with Crippen LogP contribution in [0.4, 0.5) is 0 Å². The molecule has 3 nitrogen and oxygen atoms in total. The fraction of sp³-hybridized carbons (Fsp3) is 0.600. The predicted octanol–water partition coefficient (Wildman–Crippen LogP) is -0.129. The number of carbonyl (C=O) groups excluding carboxylic acids is 2. The number of rotatable bonds is 0. The Labute approximate surface area is 76.1 Å². The minimum atomic E-state index is -0.108. The molecule has 2 aliphatic carbocycles. The number of likely N-dealkylation sites (tertiary alicyclic amines) is 1. The minimum absolute atomic E-state index is 0.0171. The quantitative estimate of drug-likeness (QED) is 0.380. The number of carbonyl (C=O) groups is 2. The second-order valence-electron chi connectivity index (χ2n) is 4.02. The van der Waals surface area contributed by atoms with Crippen molar-refractivity contribution in [3.8, 4) is 11.8 Å². The molecule has 2 fully saturated rings. The number of nitrogens with zero attached hydrogens (tertiary/aromatic N) is 1. The fourth-order valence-electron chi connectivity index (χ4n) is 2.79. The minimum Gasteiger partial charge on any atom is -0.285 e. The maximum absolute atomic E-state index is 11.6. The molecular weight excluding hydrogens is 166 g/mol. The molecule has 3 rings (SSSR count). The van der Waals surface area contributed by atoms with E-state index in [1.54, 1.807) is 7.05 Å². The Hall–Kier alpha value is -1.30. The first kappa shape index (κ1) is 7.14. The van der Waals surface area contributed by atoms with Gasteiger partial charge in [0.2, 0.25) is 11.8 Å². The molecule has 4 unspecified atom stereocenters. The lowest BCUT2D eigenvalue weighted by atomic mass is 9.87. The van der Waals surface area contributed by atoms with E-state index in [0.717, 1.165) is 6.42 Å². The molecule has 0 N–H and O–H groups in total. The predicted molar refractivity (Wildman–Crippen MR) is 44.1 cm³/mol. The molecule has 3 heteroatoms. The van der Waals surface area contributed by atoms with E-state index in [1.807, 2.05) is 0 Å². The van der Waals surface area contributed by atoms with Crippen LogP contribution in [0, 0.1) is 35.5 Å². The summed E-state index contributed by atoms with van der Waals surface area (Å²) in [5.74, 6) is 6.18. The Morgan fingerprint density at radius 1 is 1.15 bits per heavy atom. The van der Waals surface area contributed by atoms with E-state index in [9.17, 15) is 9.59 Å². The van der Waals surface area contributed by atoms with Gasteiger partial charge in [0.25, 0.3) is 0 Å². The third kappa shape index (κ3) is 0.635. The van der Waals surface area contributed by atoms with Gasteiger partial charge < -0.3 is 0 Å². The third-order valence-electron chi connectivity index (χ3n) is 3.45. The smallest absolute Gasteiger partial charge is 0.234 e. The van der Waals surface area contributed by atoms with Crippen LogP contribution in [0.2, 0.25) is 0 Å². The number of amides is 2. The highest BCUT2D eigenvalue weighted by Gasteiger charge is 2.58. The van der Waals surface area contributed by atoms with Gasteiger partial charge in [0.15, 0.2) is 0 Å². The van der Waals surface area contributed by atoms with Crippen LogP contribution in [0.1, 0.15) is 6.42 Å². The SMILES string of the molecule is CN1C(=O)C2C3C#CC(C3)C2C1=O. The van der Waals surface area contributed by atoms with Crippen LogP contribution >= 0.6 is 0 Å². The fourth-order valence-corrected chi connectivity index (χ4v) is 2.79. The van der Waals surface area contributed by atoms with Gasteiger partial charge in [-0.1, -0.05) is 11.8 Å². The molecule has 4 atom stereocenters. The molecular formula is C10H9NO2. The first-order chi connectivity index (χ1) is 6.20. The molecule has 13 heavy (non-hydrogen) atoms. The van der Waals surface area contributed by atoms with Crippen molar-refractivity contribution in [3.63, 3.8) is 0 Å². The van der Waals surface area contributed by atoms with Crippen molar-refractivity contribution >= 4 is 11.8 Å². The Morgan fingerprint density at radius 2 is 1.62 bits per heavy atom. The average molecular weight is 175 g/mol. The lowest BCUT2D eigenvalue weighted by Gasteiger charge is -2.11. The van der Waals surface area contributed by atoms with E-state index in [1.165, 1.54) is 4.90 Å². The second kappa shape index (κ2) is 1.95. The average Bonchev–Trinajstić information content (AvgIpc) is 2.76. The lowest BCUT2D eigenvalue weighted by molar-refractivity contribution is -0.138. The van der Waals surface area contributed by atoms with Crippen LogP contribution in [0.15, 0.2) is 0 Å². The van der Waals surface area contributed by atoms with Gasteiger partial charge in [-0.25, -0.2) is 0 Å². The van der Waals surface area contributed by atoms with Crippen molar-refractivity contribution < 1.29 is 9.59 Å². The maximum Gasteiger partial charge on any atom is 0.234 e. The van der Waals surface area contributed by atoms with Gasteiger partial charge in [-0.2, -0.15) is 0 Å². The zero-order valence-corrected chi connectivity index (χ0v) is 7.28. The van der Waals surface area contributed by atoms with Gasteiger partial charge in [0.05, 0.1) is 11.8 Å². The Kier molecular flexibility index (Phi) is 1.07. The molecule has 0 aromatic carbocycles. The highest BCUT2D eigenvalue weighted by Crippen LogP contribution is 2.49. The normalized spacial score (nSPS) is 45.2. The van der Waals surface area contributed by atoms with Gasteiger partial charge in [-0.05, 0) is 6.42 Å². The first-order valence-corrected chi connectivity index (χ1v) is 4.52. The maximum atomic E-state index is 11.6. The highest BCUT2D eigenvalue weighted by molar-refractivity contribution is 6.06. The molecule has 1 saturated carbocycles. The number of hydrogen-bond donors (Lipinski definition) is 0. The van der Waals surface area contributed by atoms with Crippen LogP contribution in [0.5, 0.6) is 0 Å². The van der Waals surface area contributed by atoms with Gasteiger partial charge in [-0.15, -0.1) is 0 Å². The molecule has 1 saturated heterocycles. The molecule has 3 aliphatic rings. The molecule has 1 heterocycles. The van der Waals surface area contributed by atoms with Crippen LogP contribution in [0.25, 0.3) is 0 Å². The molecule has 66 valence electrons. The molecule has 0 spiro atoms. The summed E-state index contributed by atoms with van der Waals surface area (Å²) in [6, 6.07) is 0. The third-order valence-corrected chi connectivity index (χ3v) is 3.45. The Morgan fingerprint density at radius 3 is 2.08 bits per heavy atom. The van der Waals surface area contributed by atoms with E-state index in [4.69, 9.17) is 0 Å². The van der Waals surface area contributed by atoms with Crippen LogP contribution in [-0.2, 0) is 9.59 Å². The summed E-state index contributed by atoms with van der Waals surface area (Å²) < 4.78 is 0. The van der Waals surface area contributed by atoms with E-state index < -0.39 is 0 Å². The summed E-state index contributed by atoms with van der Waals surface area (Å²) in [4.78, 5) is 24.5. The summed E-state index contributed by atoms with van der Waals surface area (Å²) >= 11 is 0. The molecule has 0 aromatic heterocycles. The zero-order valence-electron chi connectivity index (χ0n) is 7.28. The summed E-state index contributed by atoms with van der Waals surface area (Å²) in [5, 5.41) is 0. The van der Waals surface area contributed by atoms with E-state index in [2.05, 4.69) is 11.8 Å². The van der Waals surface area contributed by atoms with Crippen molar-refractivity contribution in [2.24, 2.45) is 23.7 Å². The van der Waals surface area contributed by atoms with Gasteiger partial charge in [0, 0.05) is 18.9 Å². The van der Waals surface area contributed by atoms with Crippen LogP contribution in [0.3, 0.4) is 0 Å². The summed E-state index contributed by atoms with van der Waals surface area (Å²) in [7, 11) is 1.57. The topological polar surface area (TPSA) is 37.4 Å². The van der Waals surface area contributed by atoms with Crippen molar-refractivity contribution in [1.82, 2.24) is 4.90 Å². The first-order valence-electron chi connectivity index (χ1n) is 4.52. The van der Waals surface area contributed by atoms with Gasteiger partial charge in [0.1, 0.15) is 0 Å². The summed E-state index contributed by atoms with van der Waals surface area (Å²) in [6.07, 6.45) is 0.903. The summed E-state index contributed by atoms with van der Waals surface area (Å²) in [5.41, 5.74) is 0. The zero-order chi connectivity index (χ0) is 9.16. The Bertz CT molecular complexity index is 344. The van der Waals surface area contributed by atoms with E-state index in [0.29, 0.717) is 0 Å². The molecule has 0 radical (unpaired) electrons. The van der Waals surface area contributed by atoms with Crippen LogP contribution < -0.4 is 0 Å². The largest absolute Gasteiger partial charge is 0.285 e. The van der Waals surface area contributed by atoms with Crippen molar-refractivity contribution in [2.45, 2.75) is 6.42 Å². The van der Waals surface area contributed by atoms with Gasteiger partial charge in [-0.3, -0.25) is 14.5 Å². The number of hydrogen-bond acceptors (Lipinski definition) is 2. The second-order valence-corrected chi connectivity index (χ2v) is 4.02. The van der Waals surface area contributed by atoms with E-state index in [-0.39, 0.29) is 35.5 Å². The molecule has 0 aromatic rings. The summed E-state index contributed by atoms with van der Waals surface area (Å²) in [6.45, 7) is 0. The number of imide groups is 1. The highest BCUT2D eigenvalue weighted by atomic mass is 16.2. The monoisotopic (exact) mass is 175 g/mol. The molecule has 2 bridgehead atoms. The lowest BCUT2D eigenvalue weighted by Crippen LogP contribution is -2.28. The molecule has 1 aliphatic heterocycles. The van der Waals surface area contributed by atoms with Crippen LogP contribution in [-0.4, -0.2) is 23.8 Å². The standard InChI is InChI=1S/C10H9NO2/c1-11-9(12)7-5-2-3-6(4-5)8(7)10(11)13/h5-8H,4H2,1H3. The Balaban J connectivity index is 2.09. The van der Waals surface area contributed by atoms with E-state index >= 15 is 0 Å².